The number of azide groups is 1. The van der Waals surface area contributed by atoms with Crippen LogP contribution in [0.1, 0.15) is 29.5 Å². The highest BCUT2D eigenvalue weighted by Gasteiger charge is 2.32. The van der Waals surface area contributed by atoms with Crippen molar-refractivity contribution in [2.45, 2.75) is 25.4 Å². The van der Waals surface area contributed by atoms with Crippen LogP contribution in [0.4, 0.5) is 0 Å². The fourth-order valence-corrected chi connectivity index (χ4v) is 3.73. The van der Waals surface area contributed by atoms with Crippen LogP contribution in [0, 0.1) is 0 Å². The van der Waals surface area contributed by atoms with Gasteiger partial charge in [-0.15, -0.1) is 0 Å². The zero-order valence-electron chi connectivity index (χ0n) is 13.5. The van der Waals surface area contributed by atoms with Gasteiger partial charge in [-0.05, 0) is 28.3 Å². The average molecular weight is 314 g/mol. The Kier molecular flexibility index (Phi) is 3.60. The molecule has 0 radical (unpaired) electrons. The van der Waals surface area contributed by atoms with Gasteiger partial charge >= 0.3 is 0 Å². The van der Waals surface area contributed by atoms with E-state index in [4.69, 9.17) is 5.53 Å². The molecule has 0 N–H and O–H groups in total. The second kappa shape index (κ2) is 5.91. The highest BCUT2D eigenvalue weighted by molar-refractivity contribution is 5.78. The summed E-state index contributed by atoms with van der Waals surface area (Å²) in [7, 11) is 0. The maximum absolute atomic E-state index is 8.66. The first-order valence-corrected chi connectivity index (χ1v) is 8.17. The summed E-state index contributed by atoms with van der Waals surface area (Å²) in [6, 6.07) is 21.3. The summed E-state index contributed by atoms with van der Waals surface area (Å²) in [4.78, 5) is 2.93. The van der Waals surface area contributed by atoms with Crippen LogP contribution < -0.4 is 0 Å². The van der Waals surface area contributed by atoms with Gasteiger partial charge in [-0.1, -0.05) is 66.6 Å². The van der Waals surface area contributed by atoms with Crippen molar-refractivity contribution in [2.24, 2.45) is 5.11 Å². The second-order valence-corrected chi connectivity index (χ2v) is 6.26. The molecule has 4 rings (SSSR count). The zero-order chi connectivity index (χ0) is 16.5. The molecule has 0 amide bonds. The Labute approximate surface area is 141 Å². The van der Waals surface area contributed by atoms with Gasteiger partial charge in [0.25, 0.3) is 0 Å². The predicted molar refractivity (Wildman–Crippen MR) is 95.9 cm³/mol. The third kappa shape index (κ3) is 2.29. The van der Waals surface area contributed by atoms with Gasteiger partial charge in [0, 0.05) is 29.1 Å². The van der Waals surface area contributed by atoms with Crippen molar-refractivity contribution in [3.8, 4) is 11.3 Å². The molecular formula is C20H18N4. The first kappa shape index (κ1) is 14.6. The van der Waals surface area contributed by atoms with E-state index in [1.165, 1.54) is 27.9 Å². The molecule has 0 saturated carbocycles. The van der Waals surface area contributed by atoms with Crippen molar-refractivity contribution in [1.29, 1.82) is 0 Å². The normalized spacial score (nSPS) is 16.1. The summed E-state index contributed by atoms with van der Waals surface area (Å²) in [6.07, 6.45) is 2.11. The second-order valence-electron chi connectivity index (χ2n) is 6.26. The molecule has 2 unspecified atom stereocenters. The Balaban J connectivity index is 1.85. The van der Waals surface area contributed by atoms with Gasteiger partial charge < -0.3 is 4.57 Å². The molecule has 1 aliphatic rings. The van der Waals surface area contributed by atoms with Gasteiger partial charge in [-0.2, -0.15) is 0 Å². The number of hydrogen-bond acceptors (Lipinski definition) is 1. The largest absolute Gasteiger partial charge is 0.347 e. The van der Waals surface area contributed by atoms with E-state index in [1.807, 2.05) is 6.92 Å². The molecular weight excluding hydrogens is 296 g/mol. The molecule has 3 aromatic rings. The Morgan fingerprint density at radius 1 is 1.04 bits per heavy atom. The Morgan fingerprint density at radius 3 is 2.58 bits per heavy atom. The third-order valence-corrected chi connectivity index (χ3v) is 4.68. The van der Waals surface area contributed by atoms with Crippen LogP contribution in [0.15, 0.2) is 72.0 Å². The summed E-state index contributed by atoms with van der Waals surface area (Å²) in [5.41, 5.74) is 15.2. The smallest absolute Gasteiger partial charge is 0.0525 e. The summed E-state index contributed by atoms with van der Waals surface area (Å²) in [5.74, 6) is 0.272. The lowest BCUT2D eigenvalue weighted by atomic mass is 9.90. The van der Waals surface area contributed by atoms with Gasteiger partial charge in [-0.25, -0.2) is 0 Å². The SMILES string of the molecule is CC(Cn1ccc2c1-c1ccccc1C2c1ccccc1)N=[N+]=[N-]. The number of rotatable bonds is 4. The lowest BCUT2D eigenvalue weighted by Gasteiger charge is -2.13. The Hall–Kier alpha value is -2.97. The lowest BCUT2D eigenvalue weighted by molar-refractivity contribution is 0.593. The van der Waals surface area contributed by atoms with Crippen LogP contribution in [0.5, 0.6) is 0 Å². The molecule has 4 heteroatoms. The summed E-state index contributed by atoms with van der Waals surface area (Å²) in [6.45, 7) is 2.64. The minimum Gasteiger partial charge on any atom is -0.347 e. The number of aromatic nitrogens is 1. The van der Waals surface area contributed by atoms with Crippen LogP contribution in [-0.4, -0.2) is 10.6 Å². The number of hydrogen-bond donors (Lipinski definition) is 0. The standard InChI is InChI=1S/C20H18N4/c1-14(22-23-21)13-24-12-11-18-19(15-7-3-2-4-8-15)16-9-5-6-10-17(16)20(18)24/h2-12,14,19H,13H2,1H3. The Bertz CT molecular complexity index is 920. The van der Waals surface area contributed by atoms with Crippen LogP contribution >= 0.6 is 0 Å². The minimum absolute atomic E-state index is 0.0746. The molecule has 0 spiro atoms. The Morgan fingerprint density at radius 2 is 1.79 bits per heavy atom. The molecule has 4 nitrogen and oxygen atoms in total. The topological polar surface area (TPSA) is 53.7 Å². The van der Waals surface area contributed by atoms with E-state index < -0.39 is 0 Å². The van der Waals surface area contributed by atoms with Gasteiger partial charge in [0.2, 0.25) is 0 Å². The van der Waals surface area contributed by atoms with Crippen LogP contribution in [-0.2, 0) is 6.54 Å². The van der Waals surface area contributed by atoms with Crippen molar-refractivity contribution in [3.63, 3.8) is 0 Å². The molecule has 1 aromatic heterocycles. The molecule has 0 bridgehead atoms. The average Bonchev–Trinajstić information content (AvgIpc) is 3.14. The molecule has 2 atom stereocenters. The first-order chi connectivity index (χ1) is 11.8. The highest BCUT2D eigenvalue weighted by Crippen LogP contribution is 2.48. The van der Waals surface area contributed by atoms with Crippen LogP contribution in [0.3, 0.4) is 0 Å². The monoisotopic (exact) mass is 314 g/mol. The number of benzene rings is 2. The van der Waals surface area contributed by atoms with E-state index in [-0.39, 0.29) is 12.0 Å². The molecule has 1 heterocycles. The van der Waals surface area contributed by atoms with E-state index in [2.05, 4.69) is 81.5 Å². The van der Waals surface area contributed by atoms with E-state index in [1.54, 1.807) is 0 Å². The van der Waals surface area contributed by atoms with Gasteiger partial charge in [0.15, 0.2) is 0 Å². The maximum Gasteiger partial charge on any atom is 0.0525 e. The van der Waals surface area contributed by atoms with E-state index in [9.17, 15) is 0 Å². The summed E-state index contributed by atoms with van der Waals surface area (Å²) < 4.78 is 2.22. The fourth-order valence-electron chi connectivity index (χ4n) is 3.73. The van der Waals surface area contributed by atoms with Gasteiger partial charge in [-0.3, -0.25) is 0 Å². The van der Waals surface area contributed by atoms with Crippen molar-refractivity contribution in [3.05, 3.63) is 94.0 Å². The molecule has 0 fully saturated rings. The zero-order valence-corrected chi connectivity index (χ0v) is 13.5. The highest BCUT2D eigenvalue weighted by atomic mass is 15.2. The molecule has 2 aromatic carbocycles. The molecule has 1 aliphatic carbocycles. The summed E-state index contributed by atoms with van der Waals surface area (Å²) in [5, 5.41) is 3.82. The third-order valence-electron chi connectivity index (χ3n) is 4.68. The van der Waals surface area contributed by atoms with Gasteiger partial charge in [0.05, 0.1) is 11.7 Å². The fraction of sp³-hybridized carbons (Fsp3) is 0.200. The molecule has 24 heavy (non-hydrogen) atoms. The summed E-state index contributed by atoms with van der Waals surface area (Å²) >= 11 is 0. The minimum atomic E-state index is -0.0746. The predicted octanol–water partition coefficient (Wildman–Crippen LogP) is 5.35. The van der Waals surface area contributed by atoms with Crippen LogP contribution in [0.2, 0.25) is 0 Å². The molecule has 0 saturated heterocycles. The molecule has 118 valence electrons. The van der Waals surface area contributed by atoms with E-state index in [0.717, 1.165) is 0 Å². The van der Waals surface area contributed by atoms with E-state index in [0.29, 0.717) is 6.54 Å². The first-order valence-electron chi connectivity index (χ1n) is 8.17. The lowest BCUT2D eigenvalue weighted by Crippen LogP contribution is -2.09. The van der Waals surface area contributed by atoms with E-state index >= 15 is 0 Å². The number of nitrogens with zero attached hydrogens (tertiary/aromatic N) is 4. The maximum atomic E-state index is 8.66. The van der Waals surface area contributed by atoms with Crippen molar-refractivity contribution in [2.75, 3.05) is 0 Å². The van der Waals surface area contributed by atoms with Crippen molar-refractivity contribution in [1.82, 2.24) is 4.57 Å². The number of fused-ring (bicyclic) bond motifs is 3. The van der Waals surface area contributed by atoms with Gasteiger partial charge in [0.1, 0.15) is 0 Å². The van der Waals surface area contributed by atoms with Crippen molar-refractivity contribution >= 4 is 0 Å². The molecule has 0 aliphatic heterocycles. The quantitative estimate of drug-likeness (QED) is 0.277. The van der Waals surface area contributed by atoms with Crippen molar-refractivity contribution < 1.29 is 0 Å². The van der Waals surface area contributed by atoms with Crippen LogP contribution in [0.25, 0.3) is 21.7 Å².